The van der Waals surface area contributed by atoms with Crippen LogP contribution in [0.2, 0.25) is 0 Å². The number of sulfone groups is 1. The van der Waals surface area contributed by atoms with E-state index < -0.39 is 39.2 Å². The van der Waals surface area contributed by atoms with Gasteiger partial charge in [-0.1, -0.05) is 0 Å². The molecule has 30 heavy (non-hydrogen) atoms. The molecule has 0 bridgehead atoms. The van der Waals surface area contributed by atoms with Crippen molar-refractivity contribution in [1.29, 1.82) is 0 Å². The lowest BCUT2D eigenvalue weighted by molar-refractivity contribution is -0.122. The molecule has 0 radical (unpaired) electrons. The van der Waals surface area contributed by atoms with Crippen molar-refractivity contribution in [2.75, 3.05) is 28.3 Å². The lowest BCUT2D eigenvalue weighted by atomic mass is 10.1. The minimum atomic E-state index is -3.13. The normalized spacial score (nSPS) is 23.2. The molecule has 2 atom stereocenters. The third kappa shape index (κ3) is 3.93. The molecule has 1 N–H and O–H groups in total. The SMILES string of the molecule is Cc1cc(NC(=O)C2CC(=O)N(c3ccc(F)cc3F)C2)n(C2CCS(=O)(=O)C2)n1. The Hall–Kier alpha value is -2.82. The zero-order valence-corrected chi connectivity index (χ0v) is 17.0. The van der Waals surface area contributed by atoms with Crippen molar-refractivity contribution in [3.63, 3.8) is 0 Å². The highest BCUT2D eigenvalue weighted by Crippen LogP contribution is 2.30. The molecule has 0 spiro atoms. The van der Waals surface area contributed by atoms with Crippen molar-refractivity contribution in [2.45, 2.75) is 25.8 Å². The fourth-order valence-electron chi connectivity index (χ4n) is 3.90. The van der Waals surface area contributed by atoms with E-state index in [1.165, 1.54) is 10.7 Å². The van der Waals surface area contributed by atoms with Gasteiger partial charge in [-0.3, -0.25) is 9.59 Å². The zero-order chi connectivity index (χ0) is 21.6. The number of nitrogens with one attached hydrogen (secondary N) is 1. The summed E-state index contributed by atoms with van der Waals surface area (Å²) in [7, 11) is -3.13. The maximum absolute atomic E-state index is 14.0. The van der Waals surface area contributed by atoms with E-state index in [1.807, 2.05) is 0 Å². The molecule has 2 saturated heterocycles. The molecule has 2 amide bonds. The van der Waals surface area contributed by atoms with Gasteiger partial charge in [0.15, 0.2) is 9.84 Å². The van der Waals surface area contributed by atoms with Crippen LogP contribution in [0.25, 0.3) is 0 Å². The molecule has 1 aromatic heterocycles. The molecule has 3 heterocycles. The van der Waals surface area contributed by atoms with Gasteiger partial charge in [-0.25, -0.2) is 21.9 Å². The second-order valence-electron chi connectivity index (χ2n) is 7.66. The summed E-state index contributed by atoms with van der Waals surface area (Å²) in [6.07, 6.45) is 0.291. The number of halogens is 2. The van der Waals surface area contributed by atoms with Crippen molar-refractivity contribution in [2.24, 2.45) is 5.92 Å². The van der Waals surface area contributed by atoms with Crippen LogP contribution in [0.4, 0.5) is 20.3 Å². The third-order valence-electron chi connectivity index (χ3n) is 5.36. The van der Waals surface area contributed by atoms with E-state index >= 15 is 0 Å². The van der Waals surface area contributed by atoms with Gasteiger partial charge in [0.2, 0.25) is 11.8 Å². The van der Waals surface area contributed by atoms with E-state index in [1.54, 1.807) is 13.0 Å². The molecule has 2 unspecified atom stereocenters. The molecular weight excluding hydrogens is 418 g/mol. The molecule has 0 aliphatic carbocycles. The third-order valence-corrected chi connectivity index (χ3v) is 7.11. The number of benzene rings is 1. The quantitative estimate of drug-likeness (QED) is 0.785. The highest BCUT2D eigenvalue weighted by Gasteiger charge is 2.37. The van der Waals surface area contributed by atoms with Crippen LogP contribution in [0.1, 0.15) is 24.6 Å². The molecule has 8 nitrogen and oxygen atoms in total. The summed E-state index contributed by atoms with van der Waals surface area (Å²) in [5.74, 6) is -2.87. The first kappa shape index (κ1) is 20.5. The number of anilines is 2. The fourth-order valence-corrected chi connectivity index (χ4v) is 5.59. The lowest BCUT2D eigenvalue weighted by Gasteiger charge is -2.18. The molecule has 11 heteroatoms. The molecule has 1 aromatic carbocycles. The van der Waals surface area contributed by atoms with E-state index in [2.05, 4.69) is 10.4 Å². The van der Waals surface area contributed by atoms with Gasteiger partial charge in [0, 0.05) is 25.1 Å². The van der Waals surface area contributed by atoms with Gasteiger partial charge in [-0.2, -0.15) is 5.10 Å². The first-order valence-corrected chi connectivity index (χ1v) is 11.3. The summed E-state index contributed by atoms with van der Waals surface area (Å²) < 4.78 is 52.3. The Morgan fingerprint density at radius 1 is 1.27 bits per heavy atom. The average Bonchev–Trinajstić information content (AvgIpc) is 3.32. The molecule has 160 valence electrons. The molecule has 4 rings (SSSR count). The number of carbonyl (C=O) groups excluding carboxylic acids is 2. The maximum atomic E-state index is 14.0. The van der Waals surface area contributed by atoms with Gasteiger partial charge in [0.05, 0.1) is 34.8 Å². The number of amides is 2. The number of rotatable bonds is 4. The number of carbonyl (C=O) groups is 2. The number of aryl methyl sites for hydroxylation is 1. The summed E-state index contributed by atoms with van der Waals surface area (Å²) in [4.78, 5) is 26.2. The second-order valence-corrected chi connectivity index (χ2v) is 9.89. The Balaban J connectivity index is 1.50. The molecular formula is C19H20F2N4O4S. The van der Waals surface area contributed by atoms with Crippen LogP contribution in [-0.4, -0.2) is 48.1 Å². The Morgan fingerprint density at radius 3 is 2.70 bits per heavy atom. The highest BCUT2D eigenvalue weighted by atomic mass is 32.2. The largest absolute Gasteiger partial charge is 0.311 e. The summed E-state index contributed by atoms with van der Waals surface area (Å²) in [5.41, 5.74) is 0.542. The highest BCUT2D eigenvalue weighted by molar-refractivity contribution is 7.91. The molecule has 2 fully saturated rings. The minimum Gasteiger partial charge on any atom is -0.311 e. The van der Waals surface area contributed by atoms with Crippen LogP contribution in [0.15, 0.2) is 24.3 Å². The monoisotopic (exact) mass is 438 g/mol. The average molecular weight is 438 g/mol. The van der Waals surface area contributed by atoms with Crippen molar-refractivity contribution in [3.8, 4) is 0 Å². The number of aromatic nitrogens is 2. The van der Waals surface area contributed by atoms with Crippen LogP contribution < -0.4 is 10.2 Å². The molecule has 2 aliphatic rings. The van der Waals surface area contributed by atoms with E-state index in [0.29, 0.717) is 24.0 Å². The number of hydrogen-bond acceptors (Lipinski definition) is 5. The first-order valence-electron chi connectivity index (χ1n) is 9.46. The topological polar surface area (TPSA) is 101 Å². The standard InChI is InChI=1S/C19H20F2N4O4S/c1-11-6-17(25(23-11)14-4-5-30(28,29)10-14)22-19(27)12-7-18(26)24(9-12)16-3-2-13(20)8-15(16)21/h2-3,6,8,12,14H,4-5,7,9-10H2,1H3,(H,22,27). The van der Waals surface area contributed by atoms with Crippen LogP contribution in [0, 0.1) is 24.5 Å². The van der Waals surface area contributed by atoms with Crippen molar-refractivity contribution in [3.05, 3.63) is 41.6 Å². The number of nitrogens with zero attached hydrogens (tertiary/aromatic N) is 3. The van der Waals surface area contributed by atoms with E-state index in [-0.39, 0.29) is 36.2 Å². The Bertz CT molecular complexity index is 1130. The van der Waals surface area contributed by atoms with Gasteiger partial charge in [-0.15, -0.1) is 0 Å². The lowest BCUT2D eigenvalue weighted by Crippen LogP contribution is -2.29. The predicted octanol–water partition coefficient (Wildman–Crippen LogP) is 1.82. The summed E-state index contributed by atoms with van der Waals surface area (Å²) in [6.45, 7) is 1.69. The second kappa shape index (κ2) is 7.46. The smallest absolute Gasteiger partial charge is 0.230 e. The van der Waals surface area contributed by atoms with Crippen LogP contribution in [0.3, 0.4) is 0 Å². The van der Waals surface area contributed by atoms with Gasteiger partial charge in [0.1, 0.15) is 17.5 Å². The van der Waals surface area contributed by atoms with Gasteiger partial charge < -0.3 is 10.2 Å². The maximum Gasteiger partial charge on any atom is 0.230 e. The molecule has 2 aromatic rings. The Labute approximate surface area is 171 Å². The summed E-state index contributed by atoms with van der Waals surface area (Å²) in [5, 5.41) is 7.04. The van der Waals surface area contributed by atoms with E-state index in [0.717, 1.165) is 11.0 Å². The van der Waals surface area contributed by atoms with Crippen LogP contribution >= 0.6 is 0 Å². The van der Waals surface area contributed by atoms with E-state index in [9.17, 15) is 26.8 Å². The summed E-state index contributed by atoms with van der Waals surface area (Å²) >= 11 is 0. The van der Waals surface area contributed by atoms with E-state index in [4.69, 9.17) is 0 Å². The van der Waals surface area contributed by atoms with Crippen molar-refractivity contribution < 1.29 is 26.8 Å². The minimum absolute atomic E-state index is 0.0435. The fraction of sp³-hybridized carbons (Fsp3) is 0.421. The van der Waals surface area contributed by atoms with Gasteiger partial charge in [-0.05, 0) is 25.5 Å². The van der Waals surface area contributed by atoms with Crippen LogP contribution in [0.5, 0.6) is 0 Å². The Kier molecular flexibility index (Phi) is 5.08. The van der Waals surface area contributed by atoms with Gasteiger partial charge >= 0.3 is 0 Å². The molecule has 2 aliphatic heterocycles. The predicted molar refractivity (Wildman–Crippen MR) is 105 cm³/mol. The van der Waals surface area contributed by atoms with Crippen molar-refractivity contribution >= 4 is 33.2 Å². The van der Waals surface area contributed by atoms with Crippen molar-refractivity contribution in [1.82, 2.24) is 9.78 Å². The van der Waals surface area contributed by atoms with Gasteiger partial charge in [0.25, 0.3) is 0 Å². The first-order chi connectivity index (χ1) is 14.1. The van der Waals surface area contributed by atoms with Crippen LogP contribution in [-0.2, 0) is 19.4 Å². The molecule has 0 saturated carbocycles. The number of hydrogen-bond donors (Lipinski definition) is 1. The summed E-state index contributed by atoms with van der Waals surface area (Å²) in [6, 6.07) is 4.18. The Morgan fingerprint density at radius 2 is 2.03 bits per heavy atom. The zero-order valence-electron chi connectivity index (χ0n) is 16.1.